The van der Waals surface area contributed by atoms with Gasteiger partial charge in [-0.05, 0) is 12.8 Å². The van der Waals surface area contributed by atoms with Crippen LogP contribution >= 0.6 is 11.3 Å². The number of amides is 1. The van der Waals surface area contributed by atoms with Crippen molar-refractivity contribution in [1.29, 1.82) is 0 Å². The number of nitrogens with one attached hydrogen (secondary N) is 1. The van der Waals surface area contributed by atoms with E-state index in [2.05, 4.69) is 35.4 Å². The third-order valence-electron chi connectivity index (χ3n) is 2.99. The first-order valence-corrected chi connectivity index (χ1v) is 6.64. The fourth-order valence-electron chi connectivity index (χ4n) is 1.76. The van der Waals surface area contributed by atoms with Crippen LogP contribution in [-0.4, -0.2) is 16.1 Å². The van der Waals surface area contributed by atoms with Crippen LogP contribution in [0.25, 0.3) is 0 Å². The van der Waals surface area contributed by atoms with Crippen molar-refractivity contribution in [3.63, 3.8) is 0 Å². The number of aromatic nitrogens is 2. The molecular formula is C13H15N3OS. The molecule has 1 aromatic heterocycles. The van der Waals surface area contributed by atoms with Crippen molar-refractivity contribution in [2.24, 2.45) is 5.92 Å². The Balaban J connectivity index is 2.01. The number of carbonyl (C=O) groups is 1. The minimum Gasteiger partial charge on any atom is -0.300 e. The van der Waals surface area contributed by atoms with E-state index in [4.69, 9.17) is 0 Å². The molecule has 0 spiro atoms. The standard InChI is InChI=1S/C13H15N3OS/c1-9-5-3-4-6-11(10(9)2)7-12(17)15-13-16-14-8-18-13/h3-6,8,10H,7H2,1-2H3,(H,15,16,17). The molecule has 1 N–H and O–H groups in total. The highest BCUT2D eigenvalue weighted by Crippen LogP contribution is 2.25. The summed E-state index contributed by atoms with van der Waals surface area (Å²) in [5, 5.41) is 10.8. The Hall–Kier alpha value is -1.75. The Labute approximate surface area is 110 Å². The van der Waals surface area contributed by atoms with Gasteiger partial charge in [-0.2, -0.15) is 0 Å². The molecule has 0 aliphatic heterocycles. The lowest BCUT2D eigenvalue weighted by Gasteiger charge is -2.15. The van der Waals surface area contributed by atoms with E-state index < -0.39 is 0 Å². The molecule has 5 heteroatoms. The van der Waals surface area contributed by atoms with Crippen molar-refractivity contribution >= 4 is 22.4 Å². The Morgan fingerprint density at radius 3 is 2.94 bits per heavy atom. The topological polar surface area (TPSA) is 54.9 Å². The Morgan fingerprint density at radius 1 is 1.44 bits per heavy atom. The molecule has 1 amide bonds. The molecule has 1 aliphatic carbocycles. The van der Waals surface area contributed by atoms with Crippen LogP contribution < -0.4 is 5.32 Å². The second-order valence-electron chi connectivity index (χ2n) is 4.23. The molecule has 1 heterocycles. The van der Waals surface area contributed by atoms with Crippen LogP contribution in [0.3, 0.4) is 0 Å². The van der Waals surface area contributed by atoms with Gasteiger partial charge in [-0.15, -0.1) is 10.2 Å². The second kappa shape index (κ2) is 5.73. The number of carbonyl (C=O) groups excluding carboxylic acids is 1. The van der Waals surface area contributed by atoms with Gasteiger partial charge in [0.25, 0.3) is 0 Å². The molecule has 1 aliphatic rings. The minimum atomic E-state index is -0.0482. The van der Waals surface area contributed by atoms with Gasteiger partial charge >= 0.3 is 0 Å². The third kappa shape index (κ3) is 3.13. The maximum atomic E-state index is 11.9. The van der Waals surface area contributed by atoms with Crippen LogP contribution in [0.1, 0.15) is 20.3 Å². The van der Waals surface area contributed by atoms with Crippen LogP contribution in [0.4, 0.5) is 5.13 Å². The molecule has 0 radical (unpaired) electrons. The molecule has 94 valence electrons. The zero-order valence-corrected chi connectivity index (χ0v) is 11.2. The minimum absolute atomic E-state index is 0.0482. The van der Waals surface area contributed by atoms with Crippen LogP contribution in [-0.2, 0) is 4.79 Å². The molecule has 1 aromatic rings. The summed E-state index contributed by atoms with van der Waals surface area (Å²) in [7, 11) is 0. The van der Waals surface area contributed by atoms with Crippen molar-refractivity contribution in [1.82, 2.24) is 10.2 Å². The van der Waals surface area contributed by atoms with Gasteiger partial charge in [-0.1, -0.05) is 53.7 Å². The van der Waals surface area contributed by atoms with Crippen molar-refractivity contribution in [3.05, 3.63) is 41.0 Å². The van der Waals surface area contributed by atoms with E-state index in [1.165, 1.54) is 16.9 Å². The summed E-state index contributed by atoms with van der Waals surface area (Å²) in [6.45, 7) is 4.19. The average Bonchev–Trinajstić information content (AvgIpc) is 2.79. The highest BCUT2D eigenvalue weighted by Gasteiger charge is 2.15. The van der Waals surface area contributed by atoms with Gasteiger partial charge in [-0.25, -0.2) is 0 Å². The Bertz CT molecular complexity index is 514. The highest BCUT2D eigenvalue weighted by atomic mass is 32.1. The summed E-state index contributed by atoms with van der Waals surface area (Å²) in [4.78, 5) is 11.9. The summed E-state index contributed by atoms with van der Waals surface area (Å²) >= 11 is 1.32. The first-order valence-electron chi connectivity index (χ1n) is 5.76. The largest absolute Gasteiger partial charge is 0.300 e. The first-order chi connectivity index (χ1) is 8.66. The van der Waals surface area contributed by atoms with Gasteiger partial charge in [0, 0.05) is 6.42 Å². The maximum absolute atomic E-state index is 11.9. The van der Waals surface area contributed by atoms with Gasteiger partial charge in [0.2, 0.25) is 11.0 Å². The molecule has 0 saturated carbocycles. The van der Waals surface area contributed by atoms with Gasteiger partial charge < -0.3 is 5.32 Å². The second-order valence-corrected chi connectivity index (χ2v) is 5.06. The van der Waals surface area contributed by atoms with Crippen molar-refractivity contribution < 1.29 is 4.79 Å². The molecule has 0 aromatic carbocycles. The smallest absolute Gasteiger partial charge is 0.230 e. The van der Waals surface area contributed by atoms with Crippen molar-refractivity contribution in [2.45, 2.75) is 20.3 Å². The van der Waals surface area contributed by atoms with Crippen LogP contribution in [0.2, 0.25) is 0 Å². The lowest BCUT2D eigenvalue weighted by atomic mass is 9.92. The molecule has 0 bridgehead atoms. The molecular weight excluding hydrogens is 246 g/mol. The normalized spacial score (nSPS) is 18.9. The number of nitrogens with zero attached hydrogens (tertiary/aromatic N) is 2. The number of anilines is 1. The first kappa shape index (κ1) is 12.7. The average molecular weight is 261 g/mol. The van der Waals surface area contributed by atoms with E-state index in [1.807, 2.05) is 18.2 Å². The van der Waals surface area contributed by atoms with E-state index in [-0.39, 0.29) is 5.91 Å². The van der Waals surface area contributed by atoms with Crippen molar-refractivity contribution in [3.8, 4) is 0 Å². The summed E-state index contributed by atoms with van der Waals surface area (Å²) in [5.41, 5.74) is 3.97. The molecule has 1 atom stereocenters. The van der Waals surface area contributed by atoms with Gasteiger partial charge in [0.05, 0.1) is 0 Å². The molecule has 4 nitrogen and oxygen atoms in total. The lowest BCUT2D eigenvalue weighted by molar-refractivity contribution is -0.115. The van der Waals surface area contributed by atoms with E-state index in [0.29, 0.717) is 17.5 Å². The Morgan fingerprint density at radius 2 is 2.22 bits per heavy atom. The van der Waals surface area contributed by atoms with Gasteiger partial charge in [0.15, 0.2) is 0 Å². The van der Waals surface area contributed by atoms with Crippen LogP contribution in [0.15, 0.2) is 41.0 Å². The van der Waals surface area contributed by atoms with Crippen molar-refractivity contribution in [2.75, 3.05) is 5.32 Å². The number of hydrogen-bond acceptors (Lipinski definition) is 4. The van der Waals surface area contributed by atoms with E-state index in [9.17, 15) is 4.79 Å². The predicted molar refractivity (Wildman–Crippen MR) is 73.3 cm³/mol. The molecule has 0 saturated heterocycles. The van der Waals surface area contributed by atoms with E-state index >= 15 is 0 Å². The molecule has 2 rings (SSSR count). The summed E-state index contributed by atoms with van der Waals surface area (Å²) in [5.74, 6) is 0.244. The quantitative estimate of drug-likeness (QED) is 0.910. The zero-order chi connectivity index (χ0) is 13.0. The number of rotatable bonds is 3. The number of hydrogen-bond donors (Lipinski definition) is 1. The third-order valence-corrected chi connectivity index (χ3v) is 3.60. The van der Waals surface area contributed by atoms with Gasteiger partial charge in [-0.3, -0.25) is 4.79 Å². The SMILES string of the molecule is CC1=CC=CC=C(CC(=O)Nc2nncs2)C1C. The summed E-state index contributed by atoms with van der Waals surface area (Å²) in [6, 6.07) is 0. The fourth-order valence-corrected chi connectivity index (χ4v) is 2.22. The lowest BCUT2D eigenvalue weighted by Crippen LogP contribution is -2.15. The van der Waals surface area contributed by atoms with E-state index in [1.54, 1.807) is 5.51 Å². The monoisotopic (exact) mass is 261 g/mol. The molecule has 1 unspecified atom stereocenters. The highest BCUT2D eigenvalue weighted by molar-refractivity contribution is 7.13. The Kier molecular flexibility index (Phi) is 4.04. The zero-order valence-electron chi connectivity index (χ0n) is 10.4. The number of allylic oxidation sites excluding steroid dienone is 5. The molecule has 0 fully saturated rings. The summed E-state index contributed by atoms with van der Waals surface area (Å²) < 4.78 is 0. The summed E-state index contributed by atoms with van der Waals surface area (Å²) in [6.07, 6.45) is 8.45. The fraction of sp³-hybridized carbons (Fsp3) is 0.308. The van der Waals surface area contributed by atoms with Crippen LogP contribution in [0.5, 0.6) is 0 Å². The predicted octanol–water partition coefficient (Wildman–Crippen LogP) is 2.95. The maximum Gasteiger partial charge on any atom is 0.230 e. The van der Waals surface area contributed by atoms with Crippen LogP contribution in [0, 0.1) is 5.92 Å². The van der Waals surface area contributed by atoms with Gasteiger partial charge in [0.1, 0.15) is 5.51 Å². The van der Waals surface area contributed by atoms with E-state index in [0.717, 1.165) is 5.57 Å². The molecule has 18 heavy (non-hydrogen) atoms.